The molecule has 11 heteroatoms. The predicted octanol–water partition coefficient (Wildman–Crippen LogP) is 5.79. The molecule has 3 aliphatic rings. The van der Waals surface area contributed by atoms with Gasteiger partial charge >= 0.3 is 6.03 Å². The van der Waals surface area contributed by atoms with Gasteiger partial charge in [-0.15, -0.1) is 11.3 Å². The Kier molecular flexibility index (Phi) is 6.77. The first-order valence-corrected chi connectivity index (χ1v) is 14.6. The Morgan fingerprint density at radius 3 is 2.70 bits per heavy atom. The van der Waals surface area contributed by atoms with Gasteiger partial charge in [-0.05, 0) is 71.6 Å². The second-order valence-electron chi connectivity index (χ2n) is 11.5. The van der Waals surface area contributed by atoms with Crippen molar-refractivity contribution in [1.29, 1.82) is 0 Å². The molecule has 3 aromatic rings. The van der Waals surface area contributed by atoms with Gasteiger partial charge in [0, 0.05) is 31.4 Å². The molecule has 0 unspecified atom stereocenters. The van der Waals surface area contributed by atoms with Crippen LogP contribution in [0.3, 0.4) is 0 Å². The number of anilines is 3. The molecule has 1 saturated heterocycles. The maximum Gasteiger partial charge on any atom is 0.331 e. The number of ether oxygens (including phenoxy) is 2. The molecule has 1 aliphatic carbocycles. The summed E-state index contributed by atoms with van der Waals surface area (Å²) in [5.41, 5.74) is 1.42. The average molecular weight is 563 g/mol. The topological polar surface area (TPSA) is 109 Å². The van der Waals surface area contributed by atoms with Gasteiger partial charge in [-0.3, -0.25) is 9.69 Å². The molecule has 10 nitrogen and oxygen atoms in total. The Balaban J connectivity index is 1.22. The lowest BCUT2D eigenvalue weighted by Crippen LogP contribution is -2.48. The second kappa shape index (κ2) is 10.3. The molecule has 0 spiro atoms. The van der Waals surface area contributed by atoms with Crippen LogP contribution < -0.4 is 20.3 Å². The van der Waals surface area contributed by atoms with Gasteiger partial charge in [-0.1, -0.05) is 0 Å². The van der Waals surface area contributed by atoms with Crippen LogP contribution in [0.15, 0.2) is 43.1 Å². The van der Waals surface area contributed by atoms with E-state index in [2.05, 4.69) is 32.1 Å². The van der Waals surface area contributed by atoms with E-state index >= 15 is 0 Å². The molecule has 6 rings (SSSR count). The fraction of sp³-hybridized carbons (Fsp3) is 0.448. The minimum Gasteiger partial charge on any atom is -0.474 e. The number of urea groups is 1. The molecule has 3 aromatic heterocycles. The molecule has 2 fully saturated rings. The van der Waals surface area contributed by atoms with Gasteiger partial charge in [0.1, 0.15) is 21.4 Å². The molecule has 1 atom stereocenters. The lowest BCUT2D eigenvalue weighted by Gasteiger charge is -2.37. The Morgan fingerprint density at radius 2 is 2.00 bits per heavy atom. The monoisotopic (exact) mass is 562 g/mol. The van der Waals surface area contributed by atoms with Crippen molar-refractivity contribution in [2.75, 3.05) is 23.3 Å². The number of rotatable bonds is 7. The minimum atomic E-state index is -0.360. The molecule has 0 bridgehead atoms. The van der Waals surface area contributed by atoms with E-state index in [1.165, 1.54) is 17.8 Å². The highest BCUT2D eigenvalue weighted by atomic mass is 32.1. The Morgan fingerprint density at radius 1 is 1.18 bits per heavy atom. The molecule has 3 amide bonds. The van der Waals surface area contributed by atoms with E-state index in [0.717, 1.165) is 37.6 Å². The van der Waals surface area contributed by atoms with E-state index in [0.29, 0.717) is 45.1 Å². The van der Waals surface area contributed by atoms with E-state index in [-0.39, 0.29) is 29.7 Å². The van der Waals surface area contributed by atoms with Crippen LogP contribution in [0, 0.1) is 0 Å². The summed E-state index contributed by atoms with van der Waals surface area (Å²) in [5, 5.41) is 6.86. The highest BCUT2D eigenvalue weighted by molar-refractivity contribution is 7.21. The first kappa shape index (κ1) is 26.4. The summed E-state index contributed by atoms with van der Waals surface area (Å²) in [6.07, 6.45) is 8.55. The fourth-order valence-electron chi connectivity index (χ4n) is 5.22. The Hall–Kier alpha value is -3.86. The van der Waals surface area contributed by atoms with Gasteiger partial charge in [0.15, 0.2) is 5.88 Å². The van der Waals surface area contributed by atoms with E-state index in [9.17, 15) is 9.59 Å². The summed E-state index contributed by atoms with van der Waals surface area (Å²) >= 11 is 1.28. The Labute approximate surface area is 237 Å². The molecule has 0 aromatic carbocycles. The number of hydrogen-bond donors (Lipinski definition) is 2. The standard InChI is InChI=1S/C29H34N6O4S/c1-17(39-29(2,3)4)34-14-6-7-18(16-34)32-26(36)25-24-23-21(12-13-30-27(23)40-25)35(28(37)33-24)19-10-11-22(31-15-19)38-20-8-5-9-20/h10-13,15,18,20H,1,5-9,14,16H2,2-4H3,(H,32,36)(H,33,37)/t18-/m1/s1. The zero-order valence-electron chi connectivity index (χ0n) is 23.0. The average Bonchev–Trinajstić information content (AvgIpc) is 3.26. The van der Waals surface area contributed by atoms with Gasteiger partial charge in [0.05, 0.1) is 28.6 Å². The molecule has 2 aliphatic heterocycles. The highest BCUT2D eigenvalue weighted by Gasteiger charge is 2.34. The summed E-state index contributed by atoms with van der Waals surface area (Å²) in [4.78, 5) is 40.6. The quantitative estimate of drug-likeness (QED) is 0.351. The fourth-order valence-corrected chi connectivity index (χ4v) is 6.25. The van der Waals surface area contributed by atoms with Crippen molar-refractivity contribution >= 4 is 50.6 Å². The third-order valence-electron chi connectivity index (χ3n) is 7.30. The van der Waals surface area contributed by atoms with Crippen LogP contribution in [0.2, 0.25) is 0 Å². The number of amides is 3. The van der Waals surface area contributed by atoms with E-state index < -0.39 is 0 Å². The molecular weight excluding hydrogens is 528 g/mol. The number of piperidine rings is 1. The van der Waals surface area contributed by atoms with E-state index in [4.69, 9.17) is 9.47 Å². The summed E-state index contributed by atoms with van der Waals surface area (Å²) in [6, 6.07) is 4.97. The number of carbonyl (C=O) groups is 2. The van der Waals surface area contributed by atoms with Crippen LogP contribution in [0.25, 0.3) is 10.2 Å². The zero-order chi connectivity index (χ0) is 28.0. The largest absolute Gasteiger partial charge is 0.474 e. The van der Waals surface area contributed by atoms with E-state index in [1.807, 2.05) is 26.8 Å². The first-order valence-electron chi connectivity index (χ1n) is 13.8. The highest BCUT2D eigenvalue weighted by Crippen LogP contribution is 2.45. The van der Waals surface area contributed by atoms with Crippen LogP contribution in [-0.4, -0.2) is 57.6 Å². The van der Waals surface area contributed by atoms with Crippen molar-refractivity contribution in [1.82, 2.24) is 20.2 Å². The smallest absolute Gasteiger partial charge is 0.331 e. The molecular formula is C29H34N6O4S. The number of nitrogens with zero attached hydrogens (tertiary/aromatic N) is 4. The third kappa shape index (κ3) is 5.17. The lowest BCUT2D eigenvalue weighted by molar-refractivity contribution is -0.00490. The maximum atomic E-state index is 13.5. The van der Waals surface area contributed by atoms with Gasteiger partial charge < -0.3 is 25.0 Å². The van der Waals surface area contributed by atoms with Gasteiger partial charge in [0.25, 0.3) is 5.91 Å². The van der Waals surface area contributed by atoms with E-state index in [1.54, 1.807) is 29.4 Å². The molecule has 5 heterocycles. The van der Waals surface area contributed by atoms with Crippen LogP contribution >= 0.6 is 11.3 Å². The third-order valence-corrected chi connectivity index (χ3v) is 8.40. The van der Waals surface area contributed by atoms with Gasteiger partial charge in [-0.25, -0.2) is 14.8 Å². The Bertz CT molecular complexity index is 1460. The van der Waals surface area contributed by atoms with Crippen molar-refractivity contribution in [2.45, 2.75) is 70.6 Å². The number of carbonyl (C=O) groups excluding carboxylic acids is 2. The predicted molar refractivity (Wildman–Crippen MR) is 155 cm³/mol. The number of pyridine rings is 2. The normalized spacial score (nSPS) is 19.2. The van der Waals surface area contributed by atoms with Crippen molar-refractivity contribution in [3.8, 4) is 5.88 Å². The number of hydrogen-bond acceptors (Lipinski definition) is 8. The van der Waals surface area contributed by atoms with Crippen LogP contribution in [0.4, 0.5) is 21.9 Å². The minimum absolute atomic E-state index is 0.0751. The van der Waals surface area contributed by atoms with Crippen LogP contribution in [-0.2, 0) is 4.74 Å². The van der Waals surface area contributed by atoms with Crippen LogP contribution in [0.5, 0.6) is 5.88 Å². The molecule has 0 radical (unpaired) electrons. The number of aromatic nitrogens is 2. The second-order valence-corrected chi connectivity index (χ2v) is 12.5. The summed E-state index contributed by atoms with van der Waals surface area (Å²) in [6.45, 7) is 11.5. The van der Waals surface area contributed by atoms with Crippen molar-refractivity contribution in [2.24, 2.45) is 0 Å². The zero-order valence-corrected chi connectivity index (χ0v) is 23.8. The maximum absolute atomic E-state index is 13.5. The molecule has 2 N–H and O–H groups in total. The van der Waals surface area contributed by atoms with Crippen LogP contribution in [0.1, 0.15) is 62.5 Å². The van der Waals surface area contributed by atoms with Crippen molar-refractivity contribution in [3.63, 3.8) is 0 Å². The SMILES string of the molecule is C=C(OC(C)(C)C)N1CCC[C@@H](NC(=O)c2sc3nccc4c3c2NC(=O)N4c2ccc(OC3CCC3)nc2)C1. The summed E-state index contributed by atoms with van der Waals surface area (Å²) in [5.74, 6) is 0.934. The van der Waals surface area contributed by atoms with Gasteiger partial charge in [-0.2, -0.15) is 0 Å². The lowest BCUT2D eigenvalue weighted by atomic mass is 9.96. The first-order chi connectivity index (χ1) is 19.2. The number of nitrogens with one attached hydrogen (secondary N) is 2. The molecule has 1 saturated carbocycles. The number of thiophene rings is 1. The van der Waals surface area contributed by atoms with Crippen molar-refractivity contribution < 1.29 is 19.1 Å². The summed E-state index contributed by atoms with van der Waals surface area (Å²) < 4.78 is 11.8. The van der Waals surface area contributed by atoms with Gasteiger partial charge in [0.2, 0.25) is 5.88 Å². The summed E-state index contributed by atoms with van der Waals surface area (Å²) in [7, 11) is 0. The number of likely N-dealkylation sites (tertiary alicyclic amines) is 1. The molecule has 210 valence electrons. The molecule has 40 heavy (non-hydrogen) atoms. The van der Waals surface area contributed by atoms with Crippen molar-refractivity contribution in [3.05, 3.63) is 47.9 Å².